The minimum absolute atomic E-state index is 0.00911. The van der Waals surface area contributed by atoms with Crippen LogP contribution in [-0.2, 0) is 9.59 Å². The van der Waals surface area contributed by atoms with E-state index in [1.165, 1.54) is 12.2 Å². The van der Waals surface area contributed by atoms with E-state index < -0.39 is 0 Å². The van der Waals surface area contributed by atoms with E-state index in [4.69, 9.17) is 9.72 Å². The van der Waals surface area contributed by atoms with E-state index in [2.05, 4.69) is 5.32 Å². The molecule has 1 unspecified atom stereocenters. The van der Waals surface area contributed by atoms with Crippen molar-refractivity contribution in [2.75, 3.05) is 13.2 Å². The van der Waals surface area contributed by atoms with Gasteiger partial charge in [0.25, 0.3) is 17.7 Å². The number of nitrogens with one attached hydrogen (secondary N) is 1. The topological polar surface area (TPSA) is 88.6 Å². The van der Waals surface area contributed by atoms with Crippen molar-refractivity contribution >= 4 is 28.6 Å². The summed E-state index contributed by atoms with van der Waals surface area (Å²) in [7, 11) is 0. The van der Waals surface area contributed by atoms with E-state index in [0.717, 1.165) is 16.0 Å². The molecule has 0 spiro atoms. The number of carbonyl (C=O) groups is 3. The summed E-state index contributed by atoms with van der Waals surface area (Å²) < 4.78 is 6.23. The Morgan fingerprint density at radius 2 is 1.53 bits per heavy atom. The molecule has 0 aliphatic carbocycles. The van der Waals surface area contributed by atoms with Crippen LogP contribution >= 0.6 is 0 Å². The van der Waals surface area contributed by atoms with Crippen molar-refractivity contribution in [1.29, 1.82) is 0 Å². The second-order valence-corrected chi connectivity index (χ2v) is 8.90. The zero-order valence-corrected chi connectivity index (χ0v) is 21.0. The Balaban J connectivity index is 1.58. The molecule has 1 aliphatic rings. The first-order chi connectivity index (χ1) is 18.6. The Kier molecular flexibility index (Phi) is 7.26. The molecule has 1 aliphatic heterocycles. The third kappa shape index (κ3) is 5.04. The van der Waals surface area contributed by atoms with Gasteiger partial charge in [-0.25, -0.2) is 4.98 Å². The van der Waals surface area contributed by atoms with E-state index in [9.17, 15) is 14.4 Å². The van der Waals surface area contributed by atoms with Crippen LogP contribution in [0.3, 0.4) is 0 Å². The van der Waals surface area contributed by atoms with Crippen molar-refractivity contribution in [3.8, 4) is 17.0 Å². The fraction of sp³-hybridized carbons (Fsp3) is 0.161. The first kappa shape index (κ1) is 24.9. The average Bonchev–Trinajstić information content (AvgIpc) is 3.28. The molecular weight excluding hydrogens is 478 g/mol. The maximum absolute atomic E-state index is 14.0. The highest BCUT2D eigenvalue weighted by Crippen LogP contribution is 2.37. The van der Waals surface area contributed by atoms with Gasteiger partial charge in [0.2, 0.25) is 0 Å². The molecular formula is C31H27N3O4. The summed E-state index contributed by atoms with van der Waals surface area (Å²) >= 11 is 0. The molecule has 0 saturated heterocycles. The molecule has 7 nitrogen and oxygen atoms in total. The third-order valence-electron chi connectivity index (χ3n) is 6.50. The van der Waals surface area contributed by atoms with Crippen molar-refractivity contribution in [2.24, 2.45) is 0 Å². The first-order valence-electron chi connectivity index (χ1n) is 12.6. The number of carbonyl (C=O) groups excluding carboxylic acids is 3. The largest absolute Gasteiger partial charge is 0.489 e. The fourth-order valence-electron chi connectivity index (χ4n) is 4.58. The summed E-state index contributed by atoms with van der Waals surface area (Å²) in [6.45, 7) is 2.08. The number of pyridine rings is 1. The van der Waals surface area contributed by atoms with Gasteiger partial charge in [0.15, 0.2) is 5.75 Å². The van der Waals surface area contributed by atoms with Crippen LogP contribution in [0.25, 0.3) is 22.2 Å². The summed E-state index contributed by atoms with van der Waals surface area (Å²) in [5.41, 5.74) is 3.32. The van der Waals surface area contributed by atoms with Crippen molar-refractivity contribution in [3.63, 3.8) is 0 Å². The fourth-order valence-corrected chi connectivity index (χ4v) is 4.58. The van der Waals surface area contributed by atoms with Crippen LogP contribution in [0.4, 0.5) is 0 Å². The number of imide groups is 1. The van der Waals surface area contributed by atoms with Gasteiger partial charge < -0.3 is 10.1 Å². The zero-order valence-electron chi connectivity index (χ0n) is 21.0. The van der Waals surface area contributed by atoms with Gasteiger partial charge in [-0.1, -0.05) is 85.8 Å². The van der Waals surface area contributed by atoms with Crippen LogP contribution in [0.1, 0.15) is 35.3 Å². The first-order valence-corrected chi connectivity index (χ1v) is 12.6. The van der Waals surface area contributed by atoms with Gasteiger partial charge in [-0.2, -0.15) is 0 Å². The number of benzene rings is 3. The molecule has 3 amide bonds. The molecule has 190 valence electrons. The van der Waals surface area contributed by atoms with E-state index in [1.807, 2.05) is 91.9 Å². The second kappa shape index (κ2) is 11.1. The Hall–Kier alpha value is -4.78. The molecule has 7 heteroatoms. The monoisotopic (exact) mass is 505 g/mol. The normalized spacial score (nSPS) is 13.7. The second-order valence-electron chi connectivity index (χ2n) is 8.90. The van der Waals surface area contributed by atoms with Crippen LogP contribution in [-0.4, -0.2) is 40.8 Å². The van der Waals surface area contributed by atoms with Crippen molar-refractivity contribution in [1.82, 2.24) is 15.2 Å². The predicted octanol–water partition coefficient (Wildman–Crippen LogP) is 5.09. The van der Waals surface area contributed by atoms with E-state index in [0.29, 0.717) is 34.3 Å². The lowest BCUT2D eigenvalue weighted by molar-refractivity contribution is -0.137. The average molecular weight is 506 g/mol. The molecule has 5 rings (SSSR count). The number of fused-ring (bicyclic) bond motifs is 1. The molecule has 2 heterocycles. The Morgan fingerprint density at radius 3 is 2.21 bits per heavy atom. The number of hydrogen-bond donors (Lipinski definition) is 1. The van der Waals surface area contributed by atoms with Crippen LogP contribution in [0.15, 0.2) is 97.1 Å². The highest BCUT2D eigenvalue weighted by Gasteiger charge is 2.27. The van der Waals surface area contributed by atoms with Gasteiger partial charge in [0, 0.05) is 23.1 Å². The van der Waals surface area contributed by atoms with Crippen LogP contribution < -0.4 is 10.1 Å². The highest BCUT2D eigenvalue weighted by molar-refractivity contribution is 6.13. The minimum Gasteiger partial charge on any atom is -0.489 e. The van der Waals surface area contributed by atoms with Crippen molar-refractivity contribution < 1.29 is 19.1 Å². The molecule has 38 heavy (non-hydrogen) atoms. The summed E-state index contributed by atoms with van der Waals surface area (Å²) in [5.74, 6) is -0.751. The van der Waals surface area contributed by atoms with Crippen molar-refractivity contribution in [2.45, 2.75) is 19.4 Å². The van der Waals surface area contributed by atoms with Gasteiger partial charge in [0.1, 0.15) is 12.3 Å². The number of rotatable bonds is 9. The molecule has 0 radical (unpaired) electrons. The van der Waals surface area contributed by atoms with Crippen LogP contribution in [0, 0.1) is 0 Å². The molecule has 3 aromatic carbocycles. The van der Waals surface area contributed by atoms with E-state index in [1.54, 1.807) is 0 Å². The van der Waals surface area contributed by atoms with Crippen LogP contribution in [0.2, 0.25) is 0 Å². The SMILES string of the molecule is CCC(NC(=O)c1c(OCCN2C(=O)C=CC2=O)c(-c2ccccc2)nc2ccccc12)c1ccccc1. The summed E-state index contributed by atoms with van der Waals surface area (Å²) in [4.78, 5) is 44.0. The third-order valence-corrected chi connectivity index (χ3v) is 6.50. The zero-order chi connectivity index (χ0) is 26.5. The molecule has 1 atom stereocenters. The summed E-state index contributed by atoms with van der Waals surface area (Å²) in [6.07, 6.45) is 3.18. The summed E-state index contributed by atoms with van der Waals surface area (Å²) in [6, 6.07) is 26.6. The number of aromatic nitrogens is 1. The number of amides is 3. The quantitative estimate of drug-likeness (QED) is 0.320. The smallest absolute Gasteiger partial charge is 0.256 e. The van der Waals surface area contributed by atoms with Gasteiger partial charge in [-0.3, -0.25) is 19.3 Å². The standard InChI is InChI=1S/C31H27N3O4/c1-2-24(21-11-5-3-6-12-21)33-31(37)28-23-15-9-10-16-25(23)32-29(22-13-7-4-8-14-22)30(28)38-20-19-34-26(35)17-18-27(34)36/h3-18,24H,2,19-20H2,1H3,(H,33,37). The lowest BCUT2D eigenvalue weighted by atomic mass is 10.00. The van der Waals surface area contributed by atoms with Crippen LogP contribution in [0.5, 0.6) is 5.75 Å². The molecule has 1 aromatic heterocycles. The number of para-hydroxylation sites is 1. The van der Waals surface area contributed by atoms with E-state index >= 15 is 0 Å². The lowest BCUT2D eigenvalue weighted by Crippen LogP contribution is -2.34. The Bertz CT molecular complexity index is 1500. The Labute approximate surface area is 220 Å². The van der Waals surface area contributed by atoms with Gasteiger partial charge in [0.05, 0.1) is 23.7 Å². The molecule has 0 bridgehead atoms. The molecule has 4 aromatic rings. The molecule has 1 N–H and O–H groups in total. The molecule has 0 saturated carbocycles. The summed E-state index contributed by atoms with van der Waals surface area (Å²) in [5, 5.41) is 3.83. The number of ether oxygens (including phenoxy) is 1. The number of nitrogens with zero attached hydrogens (tertiary/aromatic N) is 2. The predicted molar refractivity (Wildman–Crippen MR) is 145 cm³/mol. The Morgan fingerprint density at radius 1 is 0.895 bits per heavy atom. The lowest BCUT2D eigenvalue weighted by Gasteiger charge is -2.22. The van der Waals surface area contributed by atoms with Gasteiger partial charge >= 0.3 is 0 Å². The maximum atomic E-state index is 14.0. The highest BCUT2D eigenvalue weighted by atomic mass is 16.5. The molecule has 0 fully saturated rings. The number of hydrogen-bond acceptors (Lipinski definition) is 5. The minimum atomic E-state index is -0.384. The van der Waals surface area contributed by atoms with E-state index in [-0.39, 0.29) is 36.9 Å². The van der Waals surface area contributed by atoms with Gasteiger partial charge in [-0.05, 0) is 18.1 Å². The van der Waals surface area contributed by atoms with Gasteiger partial charge in [-0.15, -0.1) is 0 Å². The maximum Gasteiger partial charge on any atom is 0.256 e. The van der Waals surface area contributed by atoms with Crippen molar-refractivity contribution in [3.05, 3.63) is 108 Å².